The average Bonchev–Trinajstić information content (AvgIpc) is 2.61. The van der Waals surface area contributed by atoms with E-state index in [0.29, 0.717) is 29.1 Å². The molecule has 2 aromatic rings. The molecule has 2 N–H and O–H groups in total. The Bertz CT molecular complexity index is 1030. The minimum absolute atomic E-state index is 0.0728. The summed E-state index contributed by atoms with van der Waals surface area (Å²) in [6, 6.07) is 9.44. The Morgan fingerprint density at radius 2 is 2.04 bits per heavy atom. The first kappa shape index (κ1) is 17.2. The summed E-state index contributed by atoms with van der Waals surface area (Å²) in [5.41, 5.74) is 7.23. The second-order valence-corrected chi connectivity index (χ2v) is 5.89. The Hall–Kier alpha value is -3.60. The summed E-state index contributed by atoms with van der Waals surface area (Å²) in [4.78, 5) is 23.4. The van der Waals surface area contributed by atoms with Crippen molar-refractivity contribution in [2.45, 2.75) is 26.3 Å². The molecule has 3 rings (SSSR count). The summed E-state index contributed by atoms with van der Waals surface area (Å²) in [5.74, 6) is -0.510. The van der Waals surface area contributed by atoms with Crippen LogP contribution in [0.4, 0.5) is 5.69 Å². The number of hydrogen-bond donors (Lipinski definition) is 1. The number of ether oxygens (including phenoxy) is 1. The topological polar surface area (TPSA) is 124 Å². The molecule has 0 radical (unpaired) electrons. The van der Waals surface area contributed by atoms with Gasteiger partial charge in [-0.2, -0.15) is 5.26 Å². The van der Waals surface area contributed by atoms with Crippen LogP contribution < -0.4 is 16.0 Å². The molecule has 1 aliphatic heterocycles. The predicted molar refractivity (Wildman–Crippen MR) is 93.5 cm³/mol. The van der Waals surface area contributed by atoms with Gasteiger partial charge >= 0.3 is 0 Å². The second-order valence-electron chi connectivity index (χ2n) is 5.89. The molecular formula is C18H16N4O4. The van der Waals surface area contributed by atoms with Crippen LogP contribution in [0.5, 0.6) is 5.75 Å². The lowest BCUT2D eigenvalue weighted by atomic mass is 9.84. The highest BCUT2D eigenvalue weighted by atomic mass is 16.6. The molecule has 132 valence electrons. The minimum atomic E-state index is -0.740. The third-order valence-electron chi connectivity index (χ3n) is 4.44. The number of benzene rings is 1. The highest BCUT2D eigenvalue weighted by molar-refractivity contribution is 5.56. The van der Waals surface area contributed by atoms with Crippen molar-refractivity contribution in [3.63, 3.8) is 0 Å². The maximum absolute atomic E-state index is 13.0. The molecule has 0 amide bonds. The maximum Gasteiger partial charge on any atom is 0.269 e. The van der Waals surface area contributed by atoms with Gasteiger partial charge in [-0.1, -0.05) is 12.1 Å². The number of nitriles is 1. The zero-order valence-electron chi connectivity index (χ0n) is 14.2. The van der Waals surface area contributed by atoms with Crippen LogP contribution >= 0.6 is 0 Å². The SMILES string of the molecule is CCn1c(C)cc2c(c1=O)[C@@H](c1ccc([N+](=O)[O-])cc1)C(C#N)=C(N)O2. The molecule has 0 fully saturated rings. The van der Waals surface area contributed by atoms with Crippen LogP contribution in [0.3, 0.4) is 0 Å². The van der Waals surface area contributed by atoms with Crippen LogP contribution in [-0.4, -0.2) is 9.49 Å². The van der Waals surface area contributed by atoms with Gasteiger partial charge in [0, 0.05) is 30.4 Å². The normalized spacial score (nSPS) is 15.8. The third kappa shape index (κ3) is 2.59. The van der Waals surface area contributed by atoms with Crippen LogP contribution in [0.15, 0.2) is 46.6 Å². The lowest BCUT2D eigenvalue weighted by Gasteiger charge is -2.27. The molecule has 0 saturated heterocycles. The van der Waals surface area contributed by atoms with Crippen LogP contribution in [-0.2, 0) is 6.54 Å². The smallest absolute Gasteiger partial charge is 0.269 e. The highest BCUT2D eigenvalue weighted by Crippen LogP contribution is 2.40. The summed E-state index contributed by atoms with van der Waals surface area (Å²) in [6.07, 6.45) is 0. The molecule has 2 heterocycles. The predicted octanol–water partition coefficient (Wildman–Crippen LogP) is 2.30. The number of nitro benzene ring substituents is 1. The van der Waals surface area contributed by atoms with Gasteiger partial charge in [0.05, 0.1) is 16.4 Å². The van der Waals surface area contributed by atoms with E-state index in [0.717, 1.165) is 0 Å². The van der Waals surface area contributed by atoms with Gasteiger partial charge in [0.1, 0.15) is 17.4 Å². The molecule has 0 unspecified atom stereocenters. The maximum atomic E-state index is 13.0. The molecule has 1 aromatic heterocycles. The molecule has 1 atom stereocenters. The standard InChI is InChI=1S/C18H16N4O4/c1-3-21-10(2)8-14-16(18(21)23)15(13(9-19)17(20)26-14)11-4-6-12(7-5-11)22(24)25/h4-8,15H,3,20H2,1-2H3/t15-/m0/s1. The average molecular weight is 352 g/mol. The largest absolute Gasteiger partial charge is 0.440 e. The molecule has 0 bridgehead atoms. The molecule has 1 aromatic carbocycles. The van der Waals surface area contributed by atoms with Gasteiger partial charge in [0.15, 0.2) is 0 Å². The van der Waals surface area contributed by atoms with Crippen molar-refractivity contribution < 1.29 is 9.66 Å². The molecule has 1 aliphatic rings. The van der Waals surface area contributed by atoms with E-state index >= 15 is 0 Å². The zero-order chi connectivity index (χ0) is 19.0. The fourth-order valence-corrected chi connectivity index (χ4v) is 3.20. The Balaban J connectivity index is 2.28. The first-order chi connectivity index (χ1) is 12.4. The number of pyridine rings is 1. The number of aryl methyl sites for hydroxylation is 1. The van der Waals surface area contributed by atoms with E-state index in [2.05, 4.69) is 0 Å². The van der Waals surface area contributed by atoms with Gasteiger partial charge < -0.3 is 15.0 Å². The van der Waals surface area contributed by atoms with E-state index in [9.17, 15) is 20.2 Å². The summed E-state index contributed by atoms with van der Waals surface area (Å²) in [7, 11) is 0. The summed E-state index contributed by atoms with van der Waals surface area (Å²) in [5, 5.41) is 20.4. The van der Waals surface area contributed by atoms with E-state index in [-0.39, 0.29) is 22.7 Å². The van der Waals surface area contributed by atoms with Crippen molar-refractivity contribution in [3.8, 4) is 11.8 Å². The number of nitrogens with two attached hydrogens (primary N) is 1. The van der Waals surface area contributed by atoms with Crippen molar-refractivity contribution in [2.24, 2.45) is 5.73 Å². The van der Waals surface area contributed by atoms with Gasteiger partial charge in [0.2, 0.25) is 5.88 Å². The van der Waals surface area contributed by atoms with E-state index in [4.69, 9.17) is 10.5 Å². The van der Waals surface area contributed by atoms with Crippen molar-refractivity contribution in [1.29, 1.82) is 5.26 Å². The number of fused-ring (bicyclic) bond motifs is 1. The number of nitro groups is 1. The Morgan fingerprint density at radius 1 is 1.38 bits per heavy atom. The Labute approximate surface area is 148 Å². The van der Waals surface area contributed by atoms with Gasteiger partial charge in [-0.25, -0.2) is 0 Å². The number of non-ortho nitro benzene ring substituents is 1. The summed E-state index contributed by atoms with van der Waals surface area (Å²) in [6.45, 7) is 4.10. The van der Waals surface area contributed by atoms with Gasteiger partial charge in [-0.15, -0.1) is 0 Å². The van der Waals surface area contributed by atoms with Gasteiger partial charge in [-0.3, -0.25) is 14.9 Å². The first-order valence-electron chi connectivity index (χ1n) is 7.95. The first-order valence-corrected chi connectivity index (χ1v) is 7.95. The lowest BCUT2D eigenvalue weighted by Crippen LogP contribution is -2.32. The molecule has 26 heavy (non-hydrogen) atoms. The van der Waals surface area contributed by atoms with Gasteiger partial charge in [-0.05, 0) is 19.4 Å². The number of aromatic nitrogens is 1. The van der Waals surface area contributed by atoms with Crippen LogP contribution in [0.2, 0.25) is 0 Å². The molecule has 8 nitrogen and oxygen atoms in total. The van der Waals surface area contributed by atoms with Crippen molar-refractivity contribution in [3.05, 3.63) is 79.1 Å². The lowest BCUT2D eigenvalue weighted by molar-refractivity contribution is -0.384. The zero-order valence-corrected chi connectivity index (χ0v) is 14.2. The quantitative estimate of drug-likeness (QED) is 0.667. The number of hydrogen-bond acceptors (Lipinski definition) is 6. The van der Waals surface area contributed by atoms with E-state index in [1.54, 1.807) is 17.6 Å². The van der Waals surface area contributed by atoms with Crippen molar-refractivity contribution in [2.75, 3.05) is 0 Å². The second kappa shape index (κ2) is 6.37. The number of allylic oxidation sites excluding steroid dienone is 1. The van der Waals surface area contributed by atoms with E-state index in [1.165, 1.54) is 24.3 Å². The molecule has 0 saturated carbocycles. The minimum Gasteiger partial charge on any atom is -0.440 e. The van der Waals surface area contributed by atoms with Crippen molar-refractivity contribution in [1.82, 2.24) is 4.57 Å². The van der Waals surface area contributed by atoms with Crippen molar-refractivity contribution >= 4 is 5.69 Å². The Morgan fingerprint density at radius 3 is 2.58 bits per heavy atom. The number of nitrogens with zero attached hydrogens (tertiary/aromatic N) is 3. The highest BCUT2D eigenvalue weighted by Gasteiger charge is 2.34. The van der Waals surface area contributed by atoms with Crippen LogP contribution in [0, 0.1) is 28.4 Å². The number of rotatable bonds is 3. The fourth-order valence-electron chi connectivity index (χ4n) is 3.20. The Kier molecular flexibility index (Phi) is 4.22. The summed E-state index contributed by atoms with van der Waals surface area (Å²) < 4.78 is 7.10. The molecule has 0 spiro atoms. The summed E-state index contributed by atoms with van der Waals surface area (Å²) >= 11 is 0. The molecule has 0 aliphatic carbocycles. The fraction of sp³-hybridized carbons (Fsp3) is 0.222. The van der Waals surface area contributed by atoms with Crippen LogP contribution in [0.25, 0.3) is 0 Å². The third-order valence-corrected chi connectivity index (χ3v) is 4.44. The monoisotopic (exact) mass is 352 g/mol. The molecular weight excluding hydrogens is 336 g/mol. The van der Waals surface area contributed by atoms with E-state index < -0.39 is 10.8 Å². The van der Waals surface area contributed by atoms with E-state index in [1.807, 2.05) is 13.0 Å². The van der Waals surface area contributed by atoms with Gasteiger partial charge in [0.25, 0.3) is 11.2 Å². The van der Waals surface area contributed by atoms with Crippen LogP contribution in [0.1, 0.15) is 29.7 Å². The molecule has 8 heteroatoms.